The molecule has 0 saturated carbocycles. The summed E-state index contributed by atoms with van der Waals surface area (Å²) in [4.78, 5) is 44.6. The Morgan fingerprint density at radius 2 is 1.92 bits per heavy atom. The lowest BCUT2D eigenvalue weighted by Gasteiger charge is -2.26. The maximum absolute atomic E-state index is 13.8. The van der Waals surface area contributed by atoms with E-state index in [1.165, 1.54) is 24.6 Å². The number of carbonyl (C=O) groups is 1. The quantitative estimate of drug-likeness (QED) is 0.346. The Bertz CT molecular complexity index is 1550. The smallest absolute Gasteiger partial charge is 0.333 e. The van der Waals surface area contributed by atoms with Crippen LogP contribution < -0.4 is 11.2 Å². The largest absolute Gasteiger partial charge is 0.480 e. The fraction of sp³-hybridized carbons (Fsp3) is 0.360. The van der Waals surface area contributed by atoms with Crippen LogP contribution in [-0.2, 0) is 21.6 Å². The average Bonchev–Trinajstić information content (AvgIpc) is 3.39. The van der Waals surface area contributed by atoms with E-state index in [-0.39, 0.29) is 29.1 Å². The first-order chi connectivity index (χ1) is 16.9. The second-order valence-electron chi connectivity index (χ2n) is 9.19. The molecule has 0 radical (unpaired) electrons. The van der Waals surface area contributed by atoms with E-state index in [2.05, 4.69) is 4.98 Å². The Hall–Kier alpha value is -3.21. The van der Waals surface area contributed by atoms with Gasteiger partial charge in [0.15, 0.2) is 0 Å². The number of nitrogens with zero attached hydrogens (tertiary/aromatic N) is 3. The third kappa shape index (κ3) is 4.52. The summed E-state index contributed by atoms with van der Waals surface area (Å²) in [6.07, 6.45) is 0.660. The van der Waals surface area contributed by atoms with Crippen molar-refractivity contribution in [1.29, 1.82) is 0 Å². The van der Waals surface area contributed by atoms with Gasteiger partial charge in [0.2, 0.25) is 11.1 Å². The highest BCUT2D eigenvalue weighted by Crippen LogP contribution is 2.37. The maximum Gasteiger partial charge on any atom is 0.333 e. The number of carboxylic acid groups (broad SMARTS) is 1. The molecule has 1 atom stereocenters. The summed E-state index contributed by atoms with van der Waals surface area (Å²) in [7, 11) is 0. The molecule has 3 heterocycles. The van der Waals surface area contributed by atoms with E-state index in [0.717, 1.165) is 21.5 Å². The molecular weight excluding hydrogens is 506 g/mol. The van der Waals surface area contributed by atoms with Crippen molar-refractivity contribution < 1.29 is 19.1 Å². The minimum absolute atomic E-state index is 0.0548. The van der Waals surface area contributed by atoms with Gasteiger partial charge in [-0.1, -0.05) is 30.3 Å². The van der Waals surface area contributed by atoms with Crippen molar-refractivity contribution in [3.05, 3.63) is 73.7 Å². The predicted molar refractivity (Wildman–Crippen MR) is 138 cm³/mol. The zero-order chi connectivity index (χ0) is 26.4. The SMILES string of the molecule is Cc1c(-c2ncc(Cl)o2)sc2c1c(=O)n(C(C)(C)C(=O)O)c(=O)n2CC(OC(C)C)c1ccccc1. The topological polar surface area (TPSA) is 117 Å². The van der Waals surface area contributed by atoms with Crippen LogP contribution in [0.1, 0.15) is 44.9 Å². The fourth-order valence-electron chi connectivity index (χ4n) is 4.05. The van der Waals surface area contributed by atoms with Crippen LogP contribution in [0.15, 0.2) is 50.5 Å². The van der Waals surface area contributed by atoms with Crippen LogP contribution in [0.4, 0.5) is 0 Å². The number of halogens is 1. The molecule has 0 amide bonds. The molecule has 3 aromatic heterocycles. The van der Waals surface area contributed by atoms with Gasteiger partial charge in [0.05, 0.1) is 29.1 Å². The highest BCUT2D eigenvalue weighted by atomic mass is 35.5. The van der Waals surface area contributed by atoms with Crippen LogP contribution in [0.25, 0.3) is 21.0 Å². The number of carboxylic acids is 1. The molecule has 4 aromatic rings. The zero-order valence-corrected chi connectivity index (χ0v) is 22.0. The summed E-state index contributed by atoms with van der Waals surface area (Å²) >= 11 is 7.09. The van der Waals surface area contributed by atoms with Crippen molar-refractivity contribution in [3.63, 3.8) is 0 Å². The number of hydrogen-bond donors (Lipinski definition) is 1. The molecule has 1 unspecified atom stereocenters. The number of aliphatic carboxylic acids is 1. The number of rotatable bonds is 8. The molecule has 1 aromatic carbocycles. The number of oxazole rings is 1. The van der Waals surface area contributed by atoms with E-state index in [1.807, 2.05) is 44.2 Å². The molecule has 1 N–H and O–H groups in total. The molecule has 9 nitrogen and oxygen atoms in total. The number of aryl methyl sites for hydroxylation is 1. The van der Waals surface area contributed by atoms with Gasteiger partial charge < -0.3 is 14.3 Å². The van der Waals surface area contributed by atoms with E-state index in [1.54, 1.807) is 6.92 Å². The summed E-state index contributed by atoms with van der Waals surface area (Å²) in [5.74, 6) is -1.10. The molecule has 0 aliphatic carbocycles. The third-order valence-electron chi connectivity index (χ3n) is 5.92. The summed E-state index contributed by atoms with van der Waals surface area (Å²) < 4.78 is 13.8. The number of aromatic nitrogens is 3. The highest BCUT2D eigenvalue weighted by molar-refractivity contribution is 7.22. The summed E-state index contributed by atoms with van der Waals surface area (Å²) in [6.45, 7) is 8.19. The van der Waals surface area contributed by atoms with E-state index in [9.17, 15) is 19.5 Å². The van der Waals surface area contributed by atoms with Crippen molar-refractivity contribution in [2.24, 2.45) is 0 Å². The van der Waals surface area contributed by atoms with Crippen LogP contribution in [0.2, 0.25) is 5.22 Å². The molecule has 190 valence electrons. The minimum atomic E-state index is -1.80. The number of benzene rings is 1. The molecule has 0 aliphatic heterocycles. The Morgan fingerprint density at radius 1 is 1.25 bits per heavy atom. The number of ether oxygens (including phenoxy) is 1. The Morgan fingerprint density at radius 3 is 2.47 bits per heavy atom. The van der Waals surface area contributed by atoms with Crippen molar-refractivity contribution in [1.82, 2.24) is 14.1 Å². The van der Waals surface area contributed by atoms with Crippen LogP contribution in [0.5, 0.6) is 0 Å². The lowest BCUT2D eigenvalue weighted by Crippen LogP contribution is -2.52. The first-order valence-electron chi connectivity index (χ1n) is 11.3. The zero-order valence-electron chi connectivity index (χ0n) is 20.4. The van der Waals surface area contributed by atoms with Gasteiger partial charge in [-0.25, -0.2) is 19.1 Å². The molecule has 0 bridgehead atoms. The van der Waals surface area contributed by atoms with Crippen LogP contribution in [0, 0.1) is 6.92 Å². The second kappa shape index (κ2) is 9.68. The van der Waals surface area contributed by atoms with E-state index >= 15 is 0 Å². The van der Waals surface area contributed by atoms with Gasteiger partial charge in [-0.2, -0.15) is 0 Å². The van der Waals surface area contributed by atoms with Gasteiger partial charge in [0.25, 0.3) is 5.56 Å². The number of fused-ring (bicyclic) bond motifs is 1. The predicted octanol–water partition coefficient (Wildman–Crippen LogP) is 4.83. The van der Waals surface area contributed by atoms with Crippen molar-refractivity contribution in [2.45, 2.75) is 58.9 Å². The maximum atomic E-state index is 13.8. The van der Waals surface area contributed by atoms with Crippen LogP contribution in [0.3, 0.4) is 0 Å². The summed E-state index contributed by atoms with van der Waals surface area (Å²) in [6, 6.07) is 9.42. The monoisotopic (exact) mass is 531 g/mol. The van der Waals surface area contributed by atoms with Gasteiger partial charge >= 0.3 is 11.7 Å². The lowest BCUT2D eigenvalue weighted by atomic mass is 10.1. The number of hydrogen-bond acceptors (Lipinski definition) is 7. The third-order valence-corrected chi connectivity index (χ3v) is 7.40. The van der Waals surface area contributed by atoms with Crippen LogP contribution >= 0.6 is 22.9 Å². The number of thiophene rings is 1. The molecular formula is C25H26ClN3O6S. The van der Waals surface area contributed by atoms with E-state index in [0.29, 0.717) is 15.3 Å². The van der Waals surface area contributed by atoms with E-state index < -0.39 is 28.9 Å². The average molecular weight is 532 g/mol. The molecule has 0 spiro atoms. The minimum Gasteiger partial charge on any atom is -0.480 e. The second-order valence-corrected chi connectivity index (χ2v) is 10.6. The van der Waals surface area contributed by atoms with Gasteiger partial charge in [0, 0.05) is 0 Å². The fourth-order valence-corrected chi connectivity index (χ4v) is 5.41. The normalized spacial score (nSPS) is 13.0. The molecule has 0 aliphatic rings. The van der Waals surface area contributed by atoms with Crippen molar-refractivity contribution >= 4 is 39.1 Å². The van der Waals surface area contributed by atoms with Gasteiger partial charge in [-0.05, 0) is 57.3 Å². The summed E-state index contributed by atoms with van der Waals surface area (Å²) in [5.41, 5.74) is -1.88. The van der Waals surface area contributed by atoms with Crippen molar-refractivity contribution in [2.75, 3.05) is 0 Å². The highest BCUT2D eigenvalue weighted by Gasteiger charge is 2.36. The van der Waals surface area contributed by atoms with Crippen LogP contribution in [-0.4, -0.2) is 31.3 Å². The molecule has 36 heavy (non-hydrogen) atoms. The summed E-state index contributed by atoms with van der Waals surface area (Å²) in [5, 5.41) is 10.2. The Kier molecular flexibility index (Phi) is 6.96. The lowest BCUT2D eigenvalue weighted by molar-refractivity contribution is -0.146. The van der Waals surface area contributed by atoms with Gasteiger partial charge in [-0.3, -0.25) is 9.36 Å². The van der Waals surface area contributed by atoms with Crippen molar-refractivity contribution in [3.8, 4) is 10.8 Å². The molecule has 4 rings (SSSR count). The molecule has 0 fully saturated rings. The standard InChI is InChI=1S/C25H26ClN3O6S/c1-13(2)34-16(15-9-7-6-8-10-15)12-28-22-18(14(3)19(36-22)20-27-11-17(26)35-20)21(30)29(24(28)33)25(4,5)23(31)32/h6-11,13,16H,12H2,1-5H3,(H,31,32). The van der Waals surface area contributed by atoms with Gasteiger partial charge in [0.1, 0.15) is 16.5 Å². The van der Waals surface area contributed by atoms with E-state index in [4.69, 9.17) is 20.8 Å². The Balaban J connectivity index is 2.05. The van der Waals surface area contributed by atoms with Gasteiger partial charge in [-0.15, -0.1) is 11.3 Å². The Labute approximate surface area is 215 Å². The first-order valence-corrected chi connectivity index (χ1v) is 12.5. The molecule has 11 heteroatoms. The molecule has 0 saturated heterocycles. The first kappa shape index (κ1) is 25.9.